The molecule has 0 heterocycles. The Balaban J connectivity index is 2.22. The summed E-state index contributed by atoms with van der Waals surface area (Å²) in [6.45, 7) is 0. The van der Waals surface area contributed by atoms with Crippen LogP contribution >= 0.6 is 0 Å². The summed E-state index contributed by atoms with van der Waals surface area (Å²) in [7, 11) is 0. The van der Waals surface area contributed by atoms with E-state index in [1.807, 2.05) is 6.07 Å². The molecule has 0 bridgehead atoms. The van der Waals surface area contributed by atoms with E-state index in [1.54, 1.807) is 12.1 Å². The van der Waals surface area contributed by atoms with Crippen molar-refractivity contribution in [2.75, 3.05) is 5.32 Å². The zero-order valence-corrected chi connectivity index (χ0v) is 10.7. The molecule has 1 fully saturated rings. The van der Waals surface area contributed by atoms with Gasteiger partial charge in [0.1, 0.15) is 17.4 Å². The maximum absolute atomic E-state index is 13.5. The molecule has 19 heavy (non-hydrogen) atoms. The number of anilines is 1. The van der Waals surface area contributed by atoms with Crippen molar-refractivity contribution in [2.24, 2.45) is 5.92 Å². The van der Waals surface area contributed by atoms with Gasteiger partial charge in [0, 0.05) is 6.04 Å². The van der Waals surface area contributed by atoms with Crippen LogP contribution in [0.2, 0.25) is 0 Å². The van der Waals surface area contributed by atoms with Crippen LogP contribution < -0.4 is 5.32 Å². The molecule has 0 aromatic heterocycles. The lowest BCUT2D eigenvalue weighted by molar-refractivity contribution is 0.513. The highest BCUT2D eigenvalue weighted by Crippen LogP contribution is 2.27. The summed E-state index contributed by atoms with van der Waals surface area (Å²) in [5.74, 6) is -0.591. The molecule has 4 heteroatoms. The van der Waals surface area contributed by atoms with Crippen LogP contribution in [0, 0.1) is 34.4 Å². The van der Waals surface area contributed by atoms with Crippen molar-refractivity contribution < 1.29 is 4.39 Å². The Labute approximate surface area is 112 Å². The van der Waals surface area contributed by atoms with Gasteiger partial charge in [-0.25, -0.2) is 4.39 Å². The topological polar surface area (TPSA) is 59.6 Å². The molecular formula is C15H16FN3. The lowest BCUT2D eigenvalue weighted by atomic mass is 9.95. The standard InChI is InChI=1S/C15H16FN3/c16-13-6-4-8-15(12(13)10-18)19-14-7-3-1-2-5-11(14)9-17/h4,6,8,11,14,19H,1-3,5,7H2. The van der Waals surface area contributed by atoms with E-state index < -0.39 is 5.82 Å². The van der Waals surface area contributed by atoms with Crippen molar-refractivity contribution in [2.45, 2.75) is 38.1 Å². The van der Waals surface area contributed by atoms with Crippen LogP contribution in [-0.2, 0) is 0 Å². The van der Waals surface area contributed by atoms with Crippen LogP contribution in [0.3, 0.4) is 0 Å². The molecule has 1 N–H and O–H groups in total. The second-order valence-electron chi connectivity index (χ2n) is 4.90. The minimum Gasteiger partial charge on any atom is -0.380 e. The lowest BCUT2D eigenvalue weighted by Crippen LogP contribution is -2.27. The number of hydrogen-bond donors (Lipinski definition) is 1. The maximum atomic E-state index is 13.5. The molecule has 1 aromatic carbocycles. The Bertz CT molecular complexity index is 527. The fourth-order valence-electron chi connectivity index (χ4n) is 2.59. The first-order chi connectivity index (χ1) is 9.26. The Morgan fingerprint density at radius 2 is 1.95 bits per heavy atom. The molecule has 1 aliphatic carbocycles. The number of nitrogens with zero attached hydrogens (tertiary/aromatic N) is 2. The third-order valence-electron chi connectivity index (χ3n) is 3.65. The van der Waals surface area contributed by atoms with Gasteiger partial charge in [0.25, 0.3) is 0 Å². The Hall–Kier alpha value is -2.07. The Kier molecular flexibility index (Phi) is 4.36. The van der Waals surface area contributed by atoms with E-state index >= 15 is 0 Å². The van der Waals surface area contributed by atoms with Gasteiger partial charge >= 0.3 is 0 Å². The minimum absolute atomic E-state index is 0.00130. The zero-order chi connectivity index (χ0) is 13.7. The first-order valence-corrected chi connectivity index (χ1v) is 6.61. The highest BCUT2D eigenvalue weighted by atomic mass is 19.1. The first kappa shape index (κ1) is 13.4. The number of hydrogen-bond acceptors (Lipinski definition) is 3. The van der Waals surface area contributed by atoms with Gasteiger partial charge in [-0.1, -0.05) is 25.3 Å². The van der Waals surface area contributed by atoms with E-state index in [1.165, 1.54) is 6.07 Å². The Morgan fingerprint density at radius 3 is 2.68 bits per heavy atom. The number of nitrogens with one attached hydrogen (secondary N) is 1. The second-order valence-corrected chi connectivity index (χ2v) is 4.90. The molecule has 0 aliphatic heterocycles. The minimum atomic E-state index is -0.519. The van der Waals surface area contributed by atoms with Crippen molar-refractivity contribution in [1.82, 2.24) is 0 Å². The van der Waals surface area contributed by atoms with Gasteiger partial charge in [-0.05, 0) is 25.0 Å². The Morgan fingerprint density at radius 1 is 1.16 bits per heavy atom. The summed E-state index contributed by atoms with van der Waals surface area (Å²) in [4.78, 5) is 0. The van der Waals surface area contributed by atoms with Gasteiger partial charge in [-0.3, -0.25) is 0 Å². The largest absolute Gasteiger partial charge is 0.380 e. The molecule has 1 aromatic rings. The van der Waals surface area contributed by atoms with Gasteiger partial charge in [0.05, 0.1) is 17.7 Å². The second kappa shape index (κ2) is 6.20. The van der Waals surface area contributed by atoms with Crippen LogP contribution in [0.4, 0.5) is 10.1 Å². The molecule has 3 nitrogen and oxygen atoms in total. The van der Waals surface area contributed by atoms with E-state index in [-0.39, 0.29) is 17.5 Å². The SMILES string of the molecule is N#Cc1c(F)cccc1NC1CCCCCC1C#N. The molecule has 0 amide bonds. The third-order valence-corrected chi connectivity index (χ3v) is 3.65. The number of benzene rings is 1. The molecule has 98 valence electrons. The zero-order valence-electron chi connectivity index (χ0n) is 10.7. The fraction of sp³-hybridized carbons (Fsp3) is 0.467. The van der Waals surface area contributed by atoms with Gasteiger partial charge in [0.15, 0.2) is 0 Å². The summed E-state index contributed by atoms with van der Waals surface area (Å²) in [5.41, 5.74) is 0.526. The van der Waals surface area contributed by atoms with Crippen molar-refractivity contribution in [3.8, 4) is 12.1 Å². The molecule has 1 aliphatic rings. The fourth-order valence-corrected chi connectivity index (χ4v) is 2.59. The normalized spacial score (nSPS) is 22.9. The summed E-state index contributed by atoms with van der Waals surface area (Å²) in [5, 5.41) is 21.4. The van der Waals surface area contributed by atoms with E-state index in [2.05, 4.69) is 11.4 Å². The van der Waals surface area contributed by atoms with Crippen molar-refractivity contribution in [1.29, 1.82) is 10.5 Å². The molecule has 2 atom stereocenters. The molecule has 0 radical (unpaired) electrons. The highest BCUT2D eigenvalue weighted by Gasteiger charge is 2.24. The number of nitriles is 2. The summed E-state index contributed by atoms with van der Waals surface area (Å²) in [6, 6.07) is 8.76. The molecule has 2 unspecified atom stereocenters. The molecule has 1 saturated carbocycles. The van der Waals surface area contributed by atoms with Gasteiger partial charge in [-0.15, -0.1) is 0 Å². The molecule has 0 spiro atoms. The summed E-state index contributed by atoms with van der Waals surface area (Å²) in [6.07, 6.45) is 5.01. The average Bonchev–Trinajstić information content (AvgIpc) is 2.64. The smallest absolute Gasteiger partial charge is 0.143 e. The monoisotopic (exact) mass is 257 g/mol. The summed E-state index contributed by atoms with van der Waals surface area (Å²) < 4.78 is 13.5. The predicted octanol–water partition coefficient (Wildman–Crippen LogP) is 3.58. The summed E-state index contributed by atoms with van der Waals surface area (Å²) >= 11 is 0. The van der Waals surface area contributed by atoms with E-state index in [0.29, 0.717) is 5.69 Å². The van der Waals surface area contributed by atoms with E-state index in [0.717, 1.165) is 32.1 Å². The molecular weight excluding hydrogens is 241 g/mol. The van der Waals surface area contributed by atoms with Gasteiger partial charge in [-0.2, -0.15) is 10.5 Å². The van der Waals surface area contributed by atoms with Crippen LogP contribution in [0.5, 0.6) is 0 Å². The van der Waals surface area contributed by atoms with Crippen molar-refractivity contribution in [3.63, 3.8) is 0 Å². The number of halogens is 1. The molecule has 2 rings (SSSR count). The van der Waals surface area contributed by atoms with Crippen molar-refractivity contribution in [3.05, 3.63) is 29.6 Å². The van der Waals surface area contributed by atoms with Crippen LogP contribution in [0.15, 0.2) is 18.2 Å². The predicted molar refractivity (Wildman–Crippen MR) is 70.7 cm³/mol. The van der Waals surface area contributed by atoms with Crippen molar-refractivity contribution >= 4 is 5.69 Å². The van der Waals surface area contributed by atoms with E-state index in [4.69, 9.17) is 5.26 Å². The highest BCUT2D eigenvalue weighted by molar-refractivity contribution is 5.58. The third kappa shape index (κ3) is 3.03. The van der Waals surface area contributed by atoms with Crippen LogP contribution in [0.25, 0.3) is 0 Å². The van der Waals surface area contributed by atoms with Gasteiger partial charge in [0.2, 0.25) is 0 Å². The average molecular weight is 257 g/mol. The molecule has 0 saturated heterocycles. The maximum Gasteiger partial charge on any atom is 0.143 e. The van der Waals surface area contributed by atoms with Crippen LogP contribution in [-0.4, -0.2) is 6.04 Å². The number of rotatable bonds is 2. The van der Waals surface area contributed by atoms with E-state index in [9.17, 15) is 9.65 Å². The van der Waals surface area contributed by atoms with Crippen LogP contribution in [0.1, 0.15) is 37.7 Å². The van der Waals surface area contributed by atoms with Gasteiger partial charge < -0.3 is 5.32 Å². The lowest BCUT2D eigenvalue weighted by Gasteiger charge is -2.22. The first-order valence-electron chi connectivity index (χ1n) is 6.61. The quantitative estimate of drug-likeness (QED) is 0.824.